The summed E-state index contributed by atoms with van der Waals surface area (Å²) < 4.78 is 0. The van der Waals surface area contributed by atoms with Gasteiger partial charge in [0.1, 0.15) is 8.07 Å². The number of nitrogens with zero attached hydrogens (tertiary/aromatic N) is 2. The Bertz CT molecular complexity index is 451. The van der Waals surface area contributed by atoms with Crippen LogP contribution in [0, 0.1) is 11.5 Å². The average Bonchev–Trinajstić information content (AvgIpc) is 2.61. The zero-order valence-corrected chi connectivity index (χ0v) is 10.8. The number of rotatable bonds is 2. The molecule has 0 fully saturated rings. The molecule has 1 atom stereocenters. The summed E-state index contributed by atoms with van der Waals surface area (Å²) in [5.74, 6) is 1.79. The number of nitrogens with one attached hydrogen (secondary N) is 1. The van der Waals surface area contributed by atoms with Gasteiger partial charge >= 0.3 is 5.97 Å². The lowest BCUT2D eigenvalue weighted by molar-refractivity contribution is 0.0689. The van der Waals surface area contributed by atoms with Gasteiger partial charge < -0.3 is 5.11 Å². The molecular weight excluding hydrogens is 222 g/mol. The van der Waals surface area contributed by atoms with Crippen LogP contribution in [0.15, 0.2) is 0 Å². The molecule has 1 aromatic heterocycles. The van der Waals surface area contributed by atoms with Gasteiger partial charge in [-0.3, -0.25) is 5.10 Å². The van der Waals surface area contributed by atoms with Crippen LogP contribution >= 0.6 is 0 Å². The first-order valence-electron chi connectivity index (χ1n) is 4.98. The van der Waals surface area contributed by atoms with Gasteiger partial charge in [-0.15, -0.1) is 16.6 Å². The Kier molecular flexibility index (Phi) is 3.50. The van der Waals surface area contributed by atoms with E-state index in [0.717, 1.165) is 0 Å². The molecule has 0 saturated carbocycles. The van der Waals surface area contributed by atoms with Crippen molar-refractivity contribution in [2.45, 2.75) is 32.5 Å². The first-order chi connectivity index (χ1) is 7.31. The summed E-state index contributed by atoms with van der Waals surface area (Å²) in [4.78, 5) is 10.8. The second-order valence-corrected chi connectivity index (χ2v) is 9.37. The number of aromatic carboxylic acids is 1. The molecule has 1 unspecified atom stereocenters. The minimum Gasteiger partial charge on any atom is -0.476 e. The van der Waals surface area contributed by atoms with E-state index >= 15 is 0 Å². The van der Waals surface area contributed by atoms with Crippen LogP contribution < -0.4 is 0 Å². The summed E-state index contributed by atoms with van der Waals surface area (Å²) in [5.41, 5.74) is 3.62. The molecule has 5 nitrogen and oxygen atoms in total. The molecule has 16 heavy (non-hydrogen) atoms. The fourth-order valence-corrected chi connectivity index (χ4v) is 1.74. The third-order valence-corrected chi connectivity index (χ3v) is 2.77. The van der Waals surface area contributed by atoms with Gasteiger partial charge in [0.05, 0.1) is 11.6 Å². The summed E-state index contributed by atoms with van der Waals surface area (Å²) >= 11 is 0. The highest BCUT2D eigenvalue weighted by molar-refractivity contribution is 6.83. The van der Waals surface area contributed by atoms with Crippen LogP contribution in [-0.4, -0.2) is 34.6 Å². The van der Waals surface area contributed by atoms with Crippen LogP contribution in [0.2, 0.25) is 19.6 Å². The Balaban J connectivity index is 2.96. The van der Waals surface area contributed by atoms with Gasteiger partial charge in [-0.05, 0) is 6.92 Å². The molecule has 0 aliphatic carbocycles. The summed E-state index contributed by atoms with van der Waals surface area (Å²) in [7, 11) is -1.44. The maximum atomic E-state index is 10.8. The van der Waals surface area contributed by atoms with E-state index in [-0.39, 0.29) is 11.6 Å². The number of carbonyl (C=O) groups is 1. The van der Waals surface area contributed by atoms with Crippen molar-refractivity contribution < 1.29 is 9.90 Å². The normalized spacial score (nSPS) is 12.8. The molecule has 0 amide bonds. The van der Waals surface area contributed by atoms with Crippen molar-refractivity contribution in [3.05, 3.63) is 11.4 Å². The Morgan fingerprint density at radius 1 is 1.50 bits per heavy atom. The minimum absolute atomic E-state index is 0.0441. The topological polar surface area (TPSA) is 78.9 Å². The van der Waals surface area contributed by atoms with E-state index < -0.39 is 14.0 Å². The number of carboxylic acids is 1. The van der Waals surface area contributed by atoms with E-state index in [4.69, 9.17) is 5.11 Å². The van der Waals surface area contributed by atoms with Crippen molar-refractivity contribution in [2.24, 2.45) is 0 Å². The van der Waals surface area contributed by atoms with Crippen molar-refractivity contribution in [1.82, 2.24) is 15.4 Å². The second kappa shape index (κ2) is 4.49. The zero-order valence-electron chi connectivity index (χ0n) is 9.83. The van der Waals surface area contributed by atoms with Crippen LogP contribution in [0.5, 0.6) is 0 Å². The summed E-state index contributed by atoms with van der Waals surface area (Å²) in [5, 5.41) is 18.5. The summed E-state index contributed by atoms with van der Waals surface area (Å²) in [6, 6.07) is 0. The third-order valence-electron chi connectivity index (χ3n) is 1.87. The van der Waals surface area contributed by atoms with Crippen LogP contribution in [0.4, 0.5) is 0 Å². The first kappa shape index (κ1) is 12.5. The van der Waals surface area contributed by atoms with Crippen LogP contribution in [0.25, 0.3) is 0 Å². The minimum atomic E-state index is -1.44. The molecule has 6 heteroatoms. The Morgan fingerprint density at radius 2 is 2.12 bits per heavy atom. The molecule has 1 heterocycles. The summed E-state index contributed by atoms with van der Waals surface area (Å²) in [6.07, 6.45) is 0. The largest absolute Gasteiger partial charge is 0.476 e. The highest BCUT2D eigenvalue weighted by atomic mass is 28.3. The molecular formula is C10H15N3O2Si. The lowest BCUT2D eigenvalue weighted by Crippen LogP contribution is -2.17. The van der Waals surface area contributed by atoms with Gasteiger partial charge in [-0.25, -0.2) is 4.79 Å². The van der Waals surface area contributed by atoms with Gasteiger partial charge in [0.15, 0.2) is 5.69 Å². The average molecular weight is 237 g/mol. The fourth-order valence-electron chi connectivity index (χ4n) is 1.09. The quantitative estimate of drug-likeness (QED) is 0.603. The molecule has 1 aromatic rings. The standard InChI is InChI=1S/C10H15N3O2Si/c1-7(5-6-16(2,3)4)8-9(10(14)15)12-13-11-8/h7H,1-4H3,(H,14,15)(H,11,12,13). The monoisotopic (exact) mass is 237 g/mol. The van der Waals surface area contributed by atoms with Crippen LogP contribution in [-0.2, 0) is 0 Å². The van der Waals surface area contributed by atoms with E-state index in [1.54, 1.807) is 0 Å². The predicted octanol–water partition coefficient (Wildman–Crippen LogP) is 1.49. The molecule has 2 N–H and O–H groups in total. The van der Waals surface area contributed by atoms with E-state index in [1.807, 2.05) is 6.92 Å². The molecule has 0 aliphatic heterocycles. The maximum Gasteiger partial charge on any atom is 0.358 e. The van der Waals surface area contributed by atoms with E-state index in [2.05, 4.69) is 46.5 Å². The number of aromatic nitrogens is 3. The molecule has 0 bridgehead atoms. The van der Waals surface area contributed by atoms with Crippen molar-refractivity contribution in [3.8, 4) is 11.5 Å². The number of carboxylic acid groups (broad SMARTS) is 1. The van der Waals surface area contributed by atoms with Gasteiger partial charge in [-0.2, -0.15) is 0 Å². The predicted molar refractivity (Wildman–Crippen MR) is 62.9 cm³/mol. The molecule has 0 aliphatic rings. The molecule has 0 radical (unpaired) electrons. The highest BCUT2D eigenvalue weighted by Crippen LogP contribution is 2.14. The Morgan fingerprint density at radius 3 is 2.62 bits per heavy atom. The second-order valence-electron chi connectivity index (χ2n) is 4.62. The van der Waals surface area contributed by atoms with Gasteiger partial charge in [0.2, 0.25) is 0 Å². The zero-order chi connectivity index (χ0) is 12.3. The lowest BCUT2D eigenvalue weighted by atomic mass is 10.1. The van der Waals surface area contributed by atoms with E-state index in [1.165, 1.54) is 0 Å². The Hall–Kier alpha value is -1.61. The van der Waals surface area contributed by atoms with E-state index in [0.29, 0.717) is 5.69 Å². The summed E-state index contributed by atoms with van der Waals surface area (Å²) in [6.45, 7) is 8.25. The number of H-pyrrole nitrogens is 1. The highest BCUT2D eigenvalue weighted by Gasteiger charge is 2.19. The number of hydrogen-bond acceptors (Lipinski definition) is 3. The fraction of sp³-hybridized carbons (Fsp3) is 0.500. The third kappa shape index (κ3) is 3.20. The number of aromatic amines is 1. The molecule has 1 rings (SSSR count). The van der Waals surface area contributed by atoms with Crippen molar-refractivity contribution >= 4 is 14.0 Å². The van der Waals surface area contributed by atoms with Gasteiger partial charge in [-0.1, -0.05) is 24.9 Å². The van der Waals surface area contributed by atoms with Crippen molar-refractivity contribution in [3.63, 3.8) is 0 Å². The first-order valence-corrected chi connectivity index (χ1v) is 8.48. The van der Waals surface area contributed by atoms with Crippen LogP contribution in [0.3, 0.4) is 0 Å². The molecule has 0 spiro atoms. The molecule has 0 aromatic carbocycles. The molecule has 86 valence electrons. The van der Waals surface area contributed by atoms with Crippen molar-refractivity contribution in [1.29, 1.82) is 0 Å². The van der Waals surface area contributed by atoms with Gasteiger partial charge in [0, 0.05) is 0 Å². The van der Waals surface area contributed by atoms with Crippen LogP contribution in [0.1, 0.15) is 29.0 Å². The maximum absolute atomic E-state index is 10.8. The van der Waals surface area contributed by atoms with E-state index in [9.17, 15) is 4.79 Å². The SMILES string of the molecule is CC(C#C[Si](C)(C)C)c1[nH]nnc1C(=O)O. The smallest absolute Gasteiger partial charge is 0.358 e. The van der Waals surface area contributed by atoms with Crippen molar-refractivity contribution in [2.75, 3.05) is 0 Å². The Labute approximate surface area is 95.3 Å². The van der Waals surface area contributed by atoms with Gasteiger partial charge in [0.25, 0.3) is 0 Å². The number of hydrogen-bond donors (Lipinski definition) is 2. The lowest BCUT2D eigenvalue weighted by Gasteiger charge is -2.06. The molecule has 0 saturated heterocycles.